The molecule has 84 valence electrons. The van der Waals surface area contributed by atoms with Crippen LogP contribution in [0.4, 0.5) is 10.1 Å². The number of hydrogen-bond acceptors (Lipinski definition) is 5. The van der Waals surface area contributed by atoms with Crippen molar-refractivity contribution in [1.82, 2.24) is 4.98 Å². The normalized spacial score (nSPS) is 10.2. The number of nitrogens with zero attached hydrogens (tertiary/aromatic N) is 2. The van der Waals surface area contributed by atoms with E-state index in [1.54, 1.807) is 6.20 Å². The molecule has 1 aromatic heterocycles. The number of thiazole rings is 1. The molecule has 4 N–H and O–H groups in total. The highest BCUT2D eigenvalue weighted by Crippen LogP contribution is 2.23. The summed E-state index contributed by atoms with van der Waals surface area (Å²) in [6.45, 7) is 3.08. The predicted octanol–water partition coefficient (Wildman–Crippen LogP) is 0.817. The molecule has 0 fully saturated rings. The van der Waals surface area contributed by atoms with Gasteiger partial charge in [0.1, 0.15) is 5.00 Å². The lowest BCUT2D eigenvalue weighted by molar-refractivity contribution is -0.116. The van der Waals surface area contributed by atoms with Gasteiger partial charge in [0.05, 0.1) is 12.7 Å². The number of nitrogens with two attached hydrogens (primary N) is 2. The van der Waals surface area contributed by atoms with Crippen LogP contribution in [0.5, 0.6) is 0 Å². The minimum absolute atomic E-state index is 0.201. The average Bonchev–Trinajstić information content (AvgIpc) is 2.58. The summed E-state index contributed by atoms with van der Waals surface area (Å²) >= 11 is 1.37. The minimum Gasteiger partial charge on any atom is -0.389 e. The van der Waals surface area contributed by atoms with Crippen molar-refractivity contribution in [2.45, 2.75) is 19.8 Å². The average molecular weight is 228 g/mol. The van der Waals surface area contributed by atoms with Crippen molar-refractivity contribution < 1.29 is 4.79 Å². The van der Waals surface area contributed by atoms with Crippen LogP contribution < -0.4 is 16.4 Å². The number of primary amides is 1. The molecular weight excluding hydrogens is 212 g/mol. The van der Waals surface area contributed by atoms with E-state index in [2.05, 4.69) is 11.9 Å². The van der Waals surface area contributed by atoms with Gasteiger partial charge in [0.25, 0.3) is 0 Å². The van der Waals surface area contributed by atoms with E-state index in [0.29, 0.717) is 5.00 Å². The van der Waals surface area contributed by atoms with Crippen molar-refractivity contribution in [1.29, 1.82) is 0 Å². The second kappa shape index (κ2) is 5.55. The highest BCUT2D eigenvalue weighted by Gasteiger charge is 2.12. The molecular formula is C9H16N4OS. The molecule has 0 spiro atoms. The predicted molar refractivity (Wildman–Crippen MR) is 62.8 cm³/mol. The summed E-state index contributed by atoms with van der Waals surface area (Å²) < 4.78 is 0. The molecule has 0 aromatic carbocycles. The molecule has 0 bridgehead atoms. The Bertz CT molecular complexity index is 326. The number of nitrogen functional groups attached to an aromatic ring is 1. The number of rotatable bonds is 6. The third kappa shape index (κ3) is 3.75. The Hall–Kier alpha value is -1.30. The quantitative estimate of drug-likeness (QED) is 0.754. The molecule has 0 unspecified atom stereocenters. The standard InChI is InChI=1S/C9H16N4OS/c1-2-3-4-13(6-7(10)14)9-12-5-8(11)15-9/h5H,2-4,6,11H2,1H3,(H2,10,14). The van der Waals surface area contributed by atoms with E-state index in [9.17, 15) is 4.79 Å². The summed E-state index contributed by atoms with van der Waals surface area (Å²) in [7, 11) is 0. The van der Waals surface area contributed by atoms with Crippen LogP contribution >= 0.6 is 11.3 Å². The number of amides is 1. The van der Waals surface area contributed by atoms with E-state index < -0.39 is 0 Å². The zero-order chi connectivity index (χ0) is 11.3. The van der Waals surface area contributed by atoms with Crippen LogP contribution in [0.25, 0.3) is 0 Å². The van der Waals surface area contributed by atoms with E-state index in [-0.39, 0.29) is 12.5 Å². The van der Waals surface area contributed by atoms with Crippen molar-refractivity contribution in [3.05, 3.63) is 6.20 Å². The van der Waals surface area contributed by atoms with Crippen molar-refractivity contribution in [3.63, 3.8) is 0 Å². The second-order valence-corrected chi connectivity index (χ2v) is 4.33. The van der Waals surface area contributed by atoms with E-state index in [1.165, 1.54) is 11.3 Å². The van der Waals surface area contributed by atoms with Gasteiger partial charge < -0.3 is 16.4 Å². The lowest BCUT2D eigenvalue weighted by Gasteiger charge is -2.19. The van der Waals surface area contributed by atoms with Crippen LogP contribution in [0, 0.1) is 0 Å². The van der Waals surface area contributed by atoms with Gasteiger partial charge in [0.15, 0.2) is 5.13 Å². The topological polar surface area (TPSA) is 85.2 Å². The molecule has 1 rings (SSSR count). The van der Waals surface area contributed by atoms with Gasteiger partial charge >= 0.3 is 0 Å². The molecule has 0 saturated heterocycles. The first-order valence-corrected chi connectivity index (χ1v) is 5.69. The molecule has 1 heterocycles. The Morgan fingerprint density at radius 2 is 2.40 bits per heavy atom. The molecule has 1 amide bonds. The summed E-state index contributed by atoms with van der Waals surface area (Å²) in [4.78, 5) is 16.9. The maximum absolute atomic E-state index is 10.9. The fraction of sp³-hybridized carbons (Fsp3) is 0.556. The van der Waals surface area contributed by atoms with Crippen LogP contribution in [0.3, 0.4) is 0 Å². The highest BCUT2D eigenvalue weighted by molar-refractivity contribution is 7.19. The lowest BCUT2D eigenvalue weighted by atomic mass is 10.3. The maximum atomic E-state index is 10.9. The molecule has 0 aliphatic rings. The van der Waals surface area contributed by atoms with E-state index in [0.717, 1.165) is 24.5 Å². The van der Waals surface area contributed by atoms with Gasteiger partial charge in [0.2, 0.25) is 5.91 Å². The summed E-state index contributed by atoms with van der Waals surface area (Å²) in [6.07, 6.45) is 3.67. The second-order valence-electron chi connectivity index (χ2n) is 3.29. The fourth-order valence-electron chi connectivity index (χ4n) is 1.20. The molecule has 0 atom stereocenters. The Morgan fingerprint density at radius 3 is 2.87 bits per heavy atom. The molecule has 0 aliphatic carbocycles. The van der Waals surface area contributed by atoms with Gasteiger partial charge in [0, 0.05) is 6.54 Å². The molecule has 0 aliphatic heterocycles. The van der Waals surface area contributed by atoms with Gasteiger partial charge in [-0.15, -0.1) is 0 Å². The summed E-state index contributed by atoms with van der Waals surface area (Å²) in [5, 5.41) is 1.41. The van der Waals surface area contributed by atoms with Crippen LogP contribution in [0.1, 0.15) is 19.8 Å². The fourth-order valence-corrected chi connectivity index (χ4v) is 1.91. The number of hydrogen-bond donors (Lipinski definition) is 2. The highest BCUT2D eigenvalue weighted by atomic mass is 32.1. The molecule has 15 heavy (non-hydrogen) atoms. The smallest absolute Gasteiger partial charge is 0.237 e. The van der Waals surface area contributed by atoms with Crippen LogP contribution in [-0.4, -0.2) is 24.0 Å². The van der Waals surface area contributed by atoms with Gasteiger partial charge in [-0.3, -0.25) is 4.79 Å². The first kappa shape index (κ1) is 11.8. The van der Waals surface area contributed by atoms with E-state index in [1.807, 2.05) is 4.90 Å². The van der Waals surface area contributed by atoms with Crippen molar-refractivity contribution >= 4 is 27.4 Å². The number of carbonyl (C=O) groups is 1. The first-order chi connectivity index (χ1) is 7.13. The van der Waals surface area contributed by atoms with E-state index in [4.69, 9.17) is 11.5 Å². The number of anilines is 2. The van der Waals surface area contributed by atoms with Gasteiger partial charge in [-0.2, -0.15) is 0 Å². The third-order valence-corrected chi connectivity index (χ3v) is 2.80. The van der Waals surface area contributed by atoms with Gasteiger partial charge in [-0.1, -0.05) is 24.7 Å². The first-order valence-electron chi connectivity index (χ1n) is 4.88. The van der Waals surface area contributed by atoms with Crippen LogP contribution in [0.2, 0.25) is 0 Å². The lowest BCUT2D eigenvalue weighted by Crippen LogP contribution is -2.34. The number of carbonyl (C=O) groups excluding carboxylic acids is 1. The zero-order valence-electron chi connectivity index (χ0n) is 8.77. The Kier molecular flexibility index (Phi) is 4.36. The zero-order valence-corrected chi connectivity index (χ0v) is 9.59. The third-order valence-electron chi connectivity index (χ3n) is 1.91. The van der Waals surface area contributed by atoms with Gasteiger partial charge in [-0.05, 0) is 6.42 Å². The van der Waals surface area contributed by atoms with Crippen molar-refractivity contribution in [2.75, 3.05) is 23.7 Å². The monoisotopic (exact) mass is 228 g/mol. The SMILES string of the molecule is CCCCN(CC(N)=O)c1ncc(N)s1. The van der Waals surface area contributed by atoms with Crippen molar-refractivity contribution in [3.8, 4) is 0 Å². The van der Waals surface area contributed by atoms with Gasteiger partial charge in [-0.25, -0.2) is 4.98 Å². The molecule has 6 heteroatoms. The minimum atomic E-state index is -0.347. The number of aromatic nitrogens is 1. The maximum Gasteiger partial charge on any atom is 0.237 e. The molecule has 5 nitrogen and oxygen atoms in total. The molecule has 0 radical (unpaired) electrons. The van der Waals surface area contributed by atoms with Crippen LogP contribution in [0.15, 0.2) is 6.20 Å². The molecule has 1 aromatic rings. The van der Waals surface area contributed by atoms with Crippen LogP contribution in [-0.2, 0) is 4.79 Å². The number of unbranched alkanes of at least 4 members (excludes halogenated alkanes) is 1. The Balaban J connectivity index is 2.66. The largest absolute Gasteiger partial charge is 0.389 e. The van der Waals surface area contributed by atoms with E-state index >= 15 is 0 Å². The Morgan fingerprint density at radius 1 is 1.67 bits per heavy atom. The summed E-state index contributed by atoms with van der Waals surface area (Å²) in [5.74, 6) is -0.347. The molecule has 0 saturated carbocycles. The summed E-state index contributed by atoms with van der Waals surface area (Å²) in [5.41, 5.74) is 10.8. The van der Waals surface area contributed by atoms with Crippen molar-refractivity contribution in [2.24, 2.45) is 5.73 Å². The summed E-state index contributed by atoms with van der Waals surface area (Å²) in [6, 6.07) is 0. The Labute approximate surface area is 93.1 Å².